The van der Waals surface area contributed by atoms with E-state index in [2.05, 4.69) is 82.3 Å². The van der Waals surface area contributed by atoms with Gasteiger partial charge in [-0.05, 0) is 82.2 Å². The number of ketones is 2. The van der Waals surface area contributed by atoms with Gasteiger partial charge in [-0.2, -0.15) is 0 Å². The summed E-state index contributed by atoms with van der Waals surface area (Å²) in [7, 11) is -4.01. The molecular weight excluding hydrogens is 675 g/mol. The first-order chi connectivity index (χ1) is 25.5. The van der Waals surface area contributed by atoms with Crippen molar-refractivity contribution in [3.8, 4) is 5.75 Å². The SMILES string of the molecule is CC/C(=C\c1ccc(O)cc1)CC[C@H]1OB(O)C[C@H]2C1=C(CO[Si](c1ccccc1)(c1ccccc1)C(C)(C)C)C[C@H]1C(=O)c3ccccc3C(=O)[C@H]12. The minimum absolute atomic E-state index is 0.00479. The highest BCUT2D eigenvalue weighted by Crippen LogP contribution is 2.51. The molecule has 2 aliphatic carbocycles. The first kappa shape index (κ1) is 37.0. The molecule has 4 aromatic carbocycles. The van der Waals surface area contributed by atoms with E-state index in [1.54, 1.807) is 24.3 Å². The fourth-order valence-corrected chi connectivity index (χ4v) is 13.8. The first-order valence-corrected chi connectivity index (χ1v) is 20.9. The lowest BCUT2D eigenvalue weighted by molar-refractivity contribution is 0.0591. The third-order valence-corrected chi connectivity index (χ3v) is 16.7. The smallest absolute Gasteiger partial charge is 0.455 e. The summed E-state index contributed by atoms with van der Waals surface area (Å²) in [5.41, 5.74) is 5.23. The highest BCUT2D eigenvalue weighted by atomic mass is 28.4. The maximum absolute atomic E-state index is 14.4. The summed E-state index contributed by atoms with van der Waals surface area (Å²) in [6.07, 6.45) is 4.52. The van der Waals surface area contributed by atoms with Gasteiger partial charge in [-0.3, -0.25) is 9.59 Å². The van der Waals surface area contributed by atoms with Crippen molar-refractivity contribution >= 4 is 43.5 Å². The highest BCUT2D eigenvalue weighted by Gasteiger charge is 2.55. The van der Waals surface area contributed by atoms with Crippen LogP contribution in [0.1, 0.15) is 79.7 Å². The van der Waals surface area contributed by atoms with Crippen LogP contribution >= 0.6 is 0 Å². The van der Waals surface area contributed by atoms with Gasteiger partial charge in [0.15, 0.2) is 11.6 Å². The molecule has 1 aliphatic heterocycles. The number of hydrogen-bond donors (Lipinski definition) is 2. The van der Waals surface area contributed by atoms with Gasteiger partial charge in [0.2, 0.25) is 0 Å². The van der Waals surface area contributed by atoms with E-state index in [0.29, 0.717) is 30.6 Å². The van der Waals surface area contributed by atoms with Crippen molar-refractivity contribution in [1.82, 2.24) is 0 Å². The second-order valence-electron chi connectivity index (χ2n) is 15.8. The number of fused-ring (bicyclic) bond motifs is 4. The highest BCUT2D eigenvalue weighted by molar-refractivity contribution is 6.99. The van der Waals surface area contributed by atoms with Crippen LogP contribution in [0.5, 0.6) is 5.75 Å². The Morgan fingerprint density at radius 3 is 2.02 bits per heavy atom. The van der Waals surface area contributed by atoms with E-state index >= 15 is 0 Å². The number of phenols is 1. The van der Waals surface area contributed by atoms with E-state index in [4.69, 9.17) is 9.08 Å². The first-order valence-electron chi connectivity index (χ1n) is 19.0. The Morgan fingerprint density at radius 2 is 1.43 bits per heavy atom. The van der Waals surface area contributed by atoms with Crippen molar-refractivity contribution in [2.45, 2.75) is 70.8 Å². The summed E-state index contributed by atoms with van der Waals surface area (Å²) in [5.74, 6) is -1.25. The largest absolute Gasteiger partial charge is 0.508 e. The quantitative estimate of drug-likeness (QED) is 0.127. The van der Waals surface area contributed by atoms with Crippen molar-refractivity contribution in [3.63, 3.8) is 0 Å². The van der Waals surface area contributed by atoms with Gasteiger partial charge in [-0.15, -0.1) is 0 Å². The zero-order valence-corrected chi connectivity index (χ0v) is 32.1. The Kier molecular flexibility index (Phi) is 10.6. The lowest BCUT2D eigenvalue weighted by atomic mass is 9.54. The van der Waals surface area contributed by atoms with Gasteiger partial charge in [-0.1, -0.05) is 136 Å². The van der Waals surface area contributed by atoms with Crippen LogP contribution in [0.3, 0.4) is 0 Å². The van der Waals surface area contributed by atoms with Crippen molar-refractivity contribution in [2.24, 2.45) is 17.8 Å². The molecule has 7 rings (SSSR count). The minimum atomic E-state index is -2.95. The van der Waals surface area contributed by atoms with Crippen molar-refractivity contribution in [1.29, 1.82) is 0 Å². The van der Waals surface area contributed by atoms with E-state index in [1.807, 2.05) is 36.4 Å². The normalized spacial score (nSPS) is 22.0. The molecule has 0 saturated carbocycles. The Bertz CT molecular complexity index is 1980. The van der Waals surface area contributed by atoms with Crippen LogP contribution < -0.4 is 10.4 Å². The Morgan fingerprint density at radius 1 is 0.849 bits per heavy atom. The molecule has 0 unspecified atom stereocenters. The van der Waals surface area contributed by atoms with E-state index < -0.39 is 33.4 Å². The summed E-state index contributed by atoms with van der Waals surface area (Å²) in [6, 6.07) is 35.4. The Labute approximate surface area is 314 Å². The summed E-state index contributed by atoms with van der Waals surface area (Å²) < 4.78 is 13.9. The number of carbonyl (C=O) groups excluding carboxylic acids is 2. The molecule has 0 amide bonds. The average Bonchev–Trinajstić information content (AvgIpc) is 3.16. The lowest BCUT2D eigenvalue weighted by Crippen LogP contribution is -2.66. The Balaban J connectivity index is 1.32. The number of hydrogen-bond acceptors (Lipinski definition) is 6. The van der Waals surface area contributed by atoms with E-state index in [0.717, 1.165) is 29.6 Å². The van der Waals surface area contributed by atoms with E-state index in [1.165, 1.54) is 15.9 Å². The minimum Gasteiger partial charge on any atom is -0.508 e. The molecule has 3 aliphatic rings. The maximum atomic E-state index is 14.4. The Hall–Kier alpha value is -4.34. The van der Waals surface area contributed by atoms with Crippen molar-refractivity contribution in [3.05, 3.63) is 143 Å². The van der Waals surface area contributed by atoms with Crippen LogP contribution in [-0.4, -0.2) is 49.8 Å². The summed E-state index contributed by atoms with van der Waals surface area (Å²) in [5, 5.41) is 23.2. The molecule has 4 aromatic rings. The van der Waals surface area contributed by atoms with Crippen LogP contribution in [0.15, 0.2) is 126 Å². The zero-order valence-electron chi connectivity index (χ0n) is 31.1. The van der Waals surface area contributed by atoms with Crippen LogP contribution in [0.25, 0.3) is 6.08 Å². The van der Waals surface area contributed by atoms with Gasteiger partial charge in [-0.25, -0.2) is 0 Å². The van der Waals surface area contributed by atoms with Gasteiger partial charge in [0.25, 0.3) is 8.32 Å². The maximum Gasteiger partial charge on any atom is 0.455 e. The standard InChI is InChI=1S/C45H49BO6Si/c1-5-30(26-31-20-23-33(47)24-21-31)22-25-40-41-32(29-51-53(45(2,3)4,34-14-8-6-9-15-34)35-16-10-7-11-17-35)27-38-42(39(41)28-46(50)52-40)44(49)37-19-13-12-18-36(37)43(38)48/h6-21,23-24,26,38-40,42,47,50H,5,22,25,27-29H2,1-4H3/b30-26+/t38-,39+,40-,42-/m1/s1. The number of aromatic hydroxyl groups is 1. The second kappa shape index (κ2) is 15.2. The predicted octanol–water partition coefficient (Wildman–Crippen LogP) is 8.05. The number of phenolic OH excluding ortho intramolecular Hbond substituents is 1. The fraction of sp³-hybridized carbons (Fsp3) is 0.333. The predicted molar refractivity (Wildman–Crippen MR) is 214 cm³/mol. The molecule has 1 saturated heterocycles. The fourth-order valence-electron chi connectivity index (χ4n) is 9.23. The molecule has 6 nitrogen and oxygen atoms in total. The molecule has 0 aromatic heterocycles. The molecule has 0 radical (unpaired) electrons. The van der Waals surface area contributed by atoms with Crippen LogP contribution in [0.2, 0.25) is 11.4 Å². The van der Waals surface area contributed by atoms with Gasteiger partial charge < -0.3 is 19.2 Å². The van der Waals surface area contributed by atoms with Gasteiger partial charge in [0.1, 0.15) is 5.75 Å². The molecule has 1 fully saturated rings. The molecule has 1 heterocycles. The van der Waals surface area contributed by atoms with Crippen molar-refractivity contribution < 1.29 is 28.8 Å². The number of benzene rings is 4. The molecule has 2 N–H and O–H groups in total. The number of Topliss-reactive ketones (excluding diaryl/α,β-unsaturated/α-hetero) is 2. The van der Waals surface area contributed by atoms with Crippen LogP contribution in [0.4, 0.5) is 0 Å². The zero-order chi connectivity index (χ0) is 37.3. The average molecular weight is 725 g/mol. The molecular formula is C45H49BO6Si. The molecule has 272 valence electrons. The third-order valence-electron chi connectivity index (χ3n) is 11.7. The van der Waals surface area contributed by atoms with Gasteiger partial charge in [0, 0.05) is 23.0 Å². The summed E-state index contributed by atoms with van der Waals surface area (Å²) in [4.78, 5) is 28.7. The summed E-state index contributed by atoms with van der Waals surface area (Å²) in [6.45, 7) is 9.19. The lowest BCUT2D eigenvalue weighted by Gasteiger charge is -2.48. The number of carbonyl (C=O) groups is 2. The van der Waals surface area contributed by atoms with Crippen LogP contribution in [0, 0.1) is 17.8 Å². The summed E-state index contributed by atoms with van der Waals surface area (Å²) >= 11 is 0. The molecule has 4 atom stereocenters. The second-order valence-corrected chi connectivity index (χ2v) is 20.1. The molecule has 0 bridgehead atoms. The number of rotatable bonds is 10. The molecule has 8 heteroatoms. The van der Waals surface area contributed by atoms with Gasteiger partial charge >= 0.3 is 7.12 Å². The molecule has 0 spiro atoms. The van der Waals surface area contributed by atoms with Gasteiger partial charge in [0.05, 0.1) is 12.7 Å². The van der Waals surface area contributed by atoms with E-state index in [9.17, 15) is 19.7 Å². The topological polar surface area (TPSA) is 93.1 Å². The van der Waals surface area contributed by atoms with E-state index in [-0.39, 0.29) is 34.6 Å². The van der Waals surface area contributed by atoms with Crippen LogP contribution in [-0.2, 0) is 9.08 Å². The van der Waals surface area contributed by atoms with Crippen molar-refractivity contribution in [2.75, 3.05) is 6.61 Å². The third kappa shape index (κ3) is 7.06. The molecule has 53 heavy (non-hydrogen) atoms. The number of allylic oxidation sites excluding steroid dienone is 1. The monoisotopic (exact) mass is 724 g/mol.